The van der Waals surface area contributed by atoms with Gasteiger partial charge in [0.2, 0.25) is 0 Å². The summed E-state index contributed by atoms with van der Waals surface area (Å²) >= 11 is 0. The molecule has 0 atom stereocenters. The molecule has 2 rings (SSSR count). The fourth-order valence-corrected chi connectivity index (χ4v) is 1.42. The van der Waals surface area contributed by atoms with Gasteiger partial charge in [0.1, 0.15) is 5.82 Å². The zero-order valence-electron chi connectivity index (χ0n) is 8.22. The molecule has 0 aromatic heterocycles. The normalized spacial score (nSPS) is 19.0. The fraction of sp³-hybridized carbons (Fsp3) is 0.455. The average Bonchev–Trinajstić information content (AvgIpc) is 2.14. The van der Waals surface area contributed by atoms with Gasteiger partial charge >= 0.3 is 0 Å². The molecule has 1 N–H and O–H groups in total. The van der Waals surface area contributed by atoms with E-state index in [1.807, 2.05) is 0 Å². The van der Waals surface area contributed by atoms with Crippen LogP contribution in [0.5, 0.6) is 0 Å². The Balaban J connectivity index is 1.88. The van der Waals surface area contributed by atoms with Crippen molar-refractivity contribution in [2.45, 2.75) is 19.1 Å². The summed E-state index contributed by atoms with van der Waals surface area (Å²) < 4.78 is 18.3. The van der Waals surface area contributed by atoms with Crippen LogP contribution in [0.4, 0.5) is 4.39 Å². The Bertz CT molecular complexity index is 306. The van der Waals surface area contributed by atoms with Crippen molar-refractivity contribution < 1.29 is 9.13 Å². The number of hydrogen-bond donors (Lipinski definition) is 1. The lowest BCUT2D eigenvalue weighted by atomic mass is 10.00. The molecule has 0 radical (unpaired) electrons. The van der Waals surface area contributed by atoms with Gasteiger partial charge in [0.05, 0.1) is 12.2 Å². The predicted molar refractivity (Wildman–Crippen MR) is 52.5 cm³/mol. The van der Waals surface area contributed by atoms with Gasteiger partial charge in [0, 0.05) is 13.1 Å². The summed E-state index contributed by atoms with van der Waals surface area (Å²) in [5.41, 5.74) is 0.980. The van der Waals surface area contributed by atoms with E-state index in [9.17, 15) is 4.39 Å². The zero-order chi connectivity index (χ0) is 10.0. The zero-order valence-corrected chi connectivity index (χ0v) is 8.22. The monoisotopic (exact) mass is 195 g/mol. The van der Waals surface area contributed by atoms with Gasteiger partial charge in [0.25, 0.3) is 0 Å². The van der Waals surface area contributed by atoms with Crippen LogP contribution in [-0.4, -0.2) is 18.7 Å². The second-order valence-electron chi connectivity index (χ2n) is 3.97. The van der Waals surface area contributed by atoms with Crippen molar-refractivity contribution in [3.8, 4) is 0 Å². The molecule has 1 aromatic rings. The maximum atomic E-state index is 12.6. The SMILES string of the molecule is CC1(OCc2ccc(F)cc2)CNC1. The molecule has 76 valence electrons. The maximum absolute atomic E-state index is 12.6. The molecule has 0 amide bonds. The summed E-state index contributed by atoms with van der Waals surface area (Å²) in [7, 11) is 0. The van der Waals surface area contributed by atoms with Crippen LogP contribution < -0.4 is 5.32 Å². The summed E-state index contributed by atoms with van der Waals surface area (Å²) in [5, 5.41) is 3.16. The first-order chi connectivity index (χ1) is 6.68. The molecule has 1 fully saturated rings. The van der Waals surface area contributed by atoms with Crippen LogP contribution in [0.1, 0.15) is 12.5 Å². The highest BCUT2D eigenvalue weighted by molar-refractivity contribution is 5.15. The molecule has 1 aliphatic heterocycles. The largest absolute Gasteiger partial charge is 0.368 e. The molecule has 0 saturated carbocycles. The Morgan fingerprint density at radius 2 is 2.00 bits per heavy atom. The lowest BCUT2D eigenvalue weighted by molar-refractivity contribution is -0.0767. The number of rotatable bonds is 3. The number of benzene rings is 1. The van der Waals surface area contributed by atoms with E-state index in [1.54, 1.807) is 12.1 Å². The van der Waals surface area contributed by atoms with Crippen molar-refractivity contribution in [3.05, 3.63) is 35.6 Å². The van der Waals surface area contributed by atoms with Crippen LogP contribution in [0.25, 0.3) is 0 Å². The lowest BCUT2D eigenvalue weighted by Crippen LogP contribution is -2.58. The van der Waals surface area contributed by atoms with E-state index in [1.165, 1.54) is 12.1 Å². The second kappa shape index (κ2) is 3.67. The Morgan fingerprint density at radius 3 is 2.50 bits per heavy atom. The van der Waals surface area contributed by atoms with Crippen molar-refractivity contribution in [1.82, 2.24) is 5.32 Å². The van der Waals surface area contributed by atoms with E-state index in [2.05, 4.69) is 12.2 Å². The van der Waals surface area contributed by atoms with Crippen LogP contribution in [0.3, 0.4) is 0 Å². The standard InChI is InChI=1S/C11H14FNO/c1-11(7-13-8-11)14-6-9-2-4-10(12)5-3-9/h2-5,13H,6-8H2,1H3. The van der Waals surface area contributed by atoms with E-state index in [4.69, 9.17) is 4.74 Å². The Labute approximate surface area is 83.1 Å². The van der Waals surface area contributed by atoms with Gasteiger partial charge < -0.3 is 10.1 Å². The summed E-state index contributed by atoms with van der Waals surface area (Å²) in [6.45, 7) is 4.42. The van der Waals surface area contributed by atoms with E-state index >= 15 is 0 Å². The fourth-order valence-electron chi connectivity index (χ4n) is 1.42. The van der Waals surface area contributed by atoms with Gasteiger partial charge in [-0.2, -0.15) is 0 Å². The van der Waals surface area contributed by atoms with Gasteiger partial charge in [-0.1, -0.05) is 12.1 Å². The minimum Gasteiger partial charge on any atom is -0.368 e. The van der Waals surface area contributed by atoms with Crippen LogP contribution in [0.15, 0.2) is 24.3 Å². The van der Waals surface area contributed by atoms with Crippen molar-refractivity contribution in [2.75, 3.05) is 13.1 Å². The molecular formula is C11H14FNO. The van der Waals surface area contributed by atoms with E-state index in [0.29, 0.717) is 6.61 Å². The highest BCUT2D eigenvalue weighted by atomic mass is 19.1. The minimum atomic E-state index is -0.203. The number of nitrogens with one attached hydrogen (secondary N) is 1. The first-order valence-corrected chi connectivity index (χ1v) is 4.77. The number of hydrogen-bond acceptors (Lipinski definition) is 2. The molecule has 14 heavy (non-hydrogen) atoms. The predicted octanol–water partition coefficient (Wildman–Crippen LogP) is 1.70. The molecule has 1 aliphatic rings. The van der Waals surface area contributed by atoms with Crippen molar-refractivity contribution in [1.29, 1.82) is 0 Å². The average molecular weight is 195 g/mol. The van der Waals surface area contributed by atoms with Gasteiger partial charge in [-0.3, -0.25) is 0 Å². The maximum Gasteiger partial charge on any atom is 0.123 e. The Morgan fingerprint density at radius 1 is 1.36 bits per heavy atom. The second-order valence-corrected chi connectivity index (χ2v) is 3.97. The molecule has 3 heteroatoms. The van der Waals surface area contributed by atoms with Crippen LogP contribution >= 0.6 is 0 Å². The molecule has 0 bridgehead atoms. The molecule has 0 spiro atoms. The van der Waals surface area contributed by atoms with E-state index < -0.39 is 0 Å². The molecule has 1 saturated heterocycles. The summed E-state index contributed by atoms with van der Waals surface area (Å²) in [6, 6.07) is 6.43. The third-order valence-electron chi connectivity index (χ3n) is 2.50. The smallest absolute Gasteiger partial charge is 0.123 e. The first kappa shape index (κ1) is 9.62. The van der Waals surface area contributed by atoms with Gasteiger partial charge in [0.15, 0.2) is 0 Å². The van der Waals surface area contributed by atoms with Crippen LogP contribution in [0, 0.1) is 5.82 Å². The Hall–Kier alpha value is -0.930. The van der Waals surface area contributed by atoms with Crippen LogP contribution in [0.2, 0.25) is 0 Å². The molecule has 1 aromatic carbocycles. The lowest BCUT2D eigenvalue weighted by Gasteiger charge is -2.39. The first-order valence-electron chi connectivity index (χ1n) is 4.77. The number of ether oxygens (including phenoxy) is 1. The van der Waals surface area contributed by atoms with Crippen molar-refractivity contribution in [3.63, 3.8) is 0 Å². The molecule has 2 nitrogen and oxygen atoms in total. The van der Waals surface area contributed by atoms with E-state index in [0.717, 1.165) is 18.7 Å². The molecule has 0 unspecified atom stereocenters. The highest BCUT2D eigenvalue weighted by Crippen LogP contribution is 2.17. The molecular weight excluding hydrogens is 181 g/mol. The van der Waals surface area contributed by atoms with Crippen LogP contribution in [-0.2, 0) is 11.3 Å². The molecule has 0 aliphatic carbocycles. The third kappa shape index (κ3) is 2.11. The summed E-state index contributed by atoms with van der Waals surface area (Å²) in [4.78, 5) is 0. The Kier molecular flexibility index (Phi) is 2.52. The van der Waals surface area contributed by atoms with Gasteiger partial charge in [-0.05, 0) is 24.6 Å². The molecule has 1 heterocycles. The quantitative estimate of drug-likeness (QED) is 0.792. The van der Waals surface area contributed by atoms with Gasteiger partial charge in [-0.25, -0.2) is 4.39 Å². The highest BCUT2D eigenvalue weighted by Gasteiger charge is 2.32. The number of halogens is 1. The van der Waals surface area contributed by atoms with Gasteiger partial charge in [-0.15, -0.1) is 0 Å². The van der Waals surface area contributed by atoms with Crippen molar-refractivity contribution in [2.24, 2.45) is 0 Å². The van der Waals surface area contributed by atoms with E-state index in [-0.39, 0.29) is 11.4 Å². The topological polar surface area (TPSA) is 21.3 Å². The van der Waals surface area contributed by atoms with Crippen molar-refractivity contribution >= 4 is 0 Å². The summed E-state index contributed by atoms with van der Waals surface area (Å²) in [5.74, 6) is -0.203. The summed E-state index contributed by atoms with van der Waals surface area (Å²) in [6.07, 6.45) is 0. The minimum absolute atomic E-state index is 0.0333. The third-order valence-corrected chi connectivity index (χ3v) is 2.50.